The summed E-state index contributed by atoms with van der Waals surface area (Å²) in [6.45, 7) is 0. The van der Waals surface area contributed by atoms with Crippen LogP contribution in [0.2, 0.25) is 0 Å². The van der Waals surface area contributed by atoms with E-state index in [4.69, 9.17) is 10.2 Å². The second-order valence-corrected chi connectivity index (χ2v) is 1.90. The van der Waals surface area contributed by atoms with E-state index < -0.39 is 5.91 Å². The van der Waals surface area contributed by atoms with Gasteiger partial charge in [-0.05, 0) is 12.6 Å². The zero-order chi connectivity index (χ0) is 6.04. The highest BCUT2D eigenvalue weighted by molar-refractivity contribution is 4.88. The van der Waals surface area contributed by atoms with Crippen molar-refractivity contribution in [3.8, 4) is 0 Å². The molecule has 0 aromatic rings. The molecule has 0 amide bonds. The van der Waals surface area contributed by atoms with Gasteiger partial charge >= 0.3 is 0 Å². The summed E-state index contributed by atoms with van der Waals surface area (Å²) in [6.07, 6.45) is 4.48. The number of hydrogen-bond donors (Lipinski definition) is 3. The Balaban J connectivity index is 2.50. The third-order valence-corrected chi connectivity index (χ3v) is 1.09. The van der Waals surface area contributed by atoms with Crippen LogP contribution in [0.25, 0.3) is 0 Å². The molecule has 1 aliphatic heterocycles. The van der Waals surface area contributed by atoms with Crippen LogP contribution in [-0.4, -0.2) is 16.1 Å². The Morgan fingerprint density at radius 2 is 2.25 bits per heavy atom. The van der Waals surface area contributed by atoms with E-state index in [9.17, 15) is 0 Å². The predicted molar refractivity (Wildman–Crippen MR) is 28.7 cm³/mol. The number of aliphatic hydroxyl groups is 2. The van der Waals surface area contributed by atoms with Crippen LogP contribution >= 0.6 is 0 Å². The predicted octanol–water partition coefficient (Wildman–Crippen LogP) is -0.478. The summed E-state index contributed by atoms with van der Waals surface area (Å²) in [5.74, 6) is -1.66. The highest BCUT2D eigenvalue weighted by atomic mass is 16.5. The van der Waals surface area contributed by atoms with Crippen LogP contribution in [-0.2, 0) is 0 Å². The Morgan fingerprint density at radius 3 is 2.50 bits per heavy atom. The largest absolute Gasteiger partial charge is 0.349 e. The Bertz CT molecular complexity index is 109. The molecule has 0 saturated carbocycles. The minimum absolute atomic E-state index is 0.365. The van der Waals surface area contributed by atoms with Gasteiger partial charge in [0, 0.05) is 6.42 Å². The average molecular weight is 115 g/mol. The van der Waals surface area contributed by atoms with Crippen molar-refractivity contribution in [2.45, 2.75) is 18.8 Å². The maximum Gasteiger partial charge on any atom is 0.244 e. The van der Waals surface area contributed by atoms with Gasteiger partial charge in [0.05, 0.1) is 0 Å². The van der Waals surface area contributed by atoms with Crippen molar-refractivity contribution < 1.29 is 10.2 Å². The first kappa shape index (κ1) is 5.59. The van der Waals surface area contributed by atoms with Crippen LogP contribution < -0.4 is 5.32 Å². The molecule has 46 valence electrons. The second kappa shape index (κ2) is 1.76. The first-order chi connectivity index (χ1) is 3.71. The summed E-state index contributed by atoms with van der Waals surface area (Å²) in [5, 5.41) is 19.9. The third kappa shape index (κ3) is 1.21. The molecule has 0 bridgehead atoms. The Morgan fingerprint density at radius 1 is 1.50 bits per heavy atom. The fourth-order valence-corrected chi connectivity index (χ4v) is 0.632. The minimum Gasteiger partial charge on any atom is -0.349 e. The van der Waals surface area contributed by atoms with Crippen molar-refractivity contribution in [3.05, 3.63) is 12.3 Å². The molecule has 1 aliphatic rings. The van der Waals surface area contributed by atoms with Gasteiger partial charge in [0.1, 0.15) is 0 Å². The quantitative estimate of drug-likeness (QED) is 0.374. The standard InChI is InChI=1S/C5H9NO2/c7-5(8)3-1-2-4-6-5/h2,4,6-8H,1,3H2. The second-order valence-electron chi connectivity index (χ2n) is 1.90. The molecule has 3 nitrogen and oxygen atoms in total. The van der Waals surface area contributed by atoms with Gasteiger partial charge in [-0.2, -0.15) is 0 Å². The number of rotatable bonds is 0. The lowest BCUT2D eigenvalue weighted by Gasteiger charge is -2.23. The zero-order valence-electron chi connectivity index (χ0n) is 4.46. The molecule has 0 aromatic carbocycles. The van der Waals surface area contributed by atoms with Crippen molar-refractivity contribution in [3.63, 3.8) is 0 Å². The van der Waals surface area contributed by atoms with E-state index in [0.29, 0.717) is 6.42 Å². The summed E-state index contributed by atoms with van der Waals surface area (Å²) in [4.78, 5) is 0. The monoisotopic (exact) mass is 115 g/mol. The summed E-state index contributed by atoms with van der Waals surface area (Å²) >= 11 is 0. The van der Waals surface area contributed by atoms with Gasteiger partial charge in [-0.25, -0.2) is 0 Å². The first-order valence-corrected chi connectivity index (χ1v) is 2.58. The molecular formula is C5H9NO2. The minimum atomic E-state index is -1.66. The van der Waals surface area contributed by atoms with Crippen LogP contribution in [0.1, 0.15) is 12.8 Å². The van der Waals surface area contributed by atoms with Crippen molar-refractivity contribution in [2.24, 2.45) is 0 Å². The van der Waals surface area contributed by atoms with Crippen LogP contribution in [0.3, 0.4) is 0 Å². The fraction of sp³-hybridized carbons (Fsp3) is 0.600. The Kier molecular flexibility index (Phi) is 1.23. The number of nitrogens with one attached hydrogen (secondary N) is 1. The lowest BCUT2D eigenvalue weighted by atomic mass is 10.2. The normalized spacial score (nSPS) is 24.8. The molecule has 0 aliphatic carbocycles. The molecule has 1 heterocycles. The van der Waals surface area contributed by atoms with Gasteiger partial charge in [0.2, 0.25) is 5.91 Å². The molecule has 8 heavy (non-hydrogen) atoms. The summed E-state index contributed by atoms with van der Waals surface area (Å²) in [7, 11) is 0. The van der Waals surface area contributed by atoms with E-state index in [1.54, 1.807) is 6.20 Å². The van der Waals surface area contributed by atoms with Gasteiger partial charge in [0.15, 0.2) is 0 Å². The van der Waals surface area contributed by atoms with Crippen molar-refractivity contribution in [1.82, 2.24) is 5.32 Å². The smallest absolute Gasteiger partial charge is 0.244 e. The van der Waals surface area contributed by atoms with Gasteiger partial charge in [0.25, 0.3) is 0 Å². The summed E-state index contributed by atoms with van der Waals surface area (Å²) in [5.41, 5.74) is 0. The maximum absolute atomic E-state index is 8.77. The van der Waals surface area contributed by atoms with E-state index in [2.05, 4.69) is 5.32 Å². The van der Waals surface area contributed by atoms with Crippen LogP contribution in [0.15, 0.2) is 12.3 Å². The highest BCUT2D eigenvalue weighted by Gasteiger charge is 2.21. The SMILES string of the molecule is OC1(O)CCC=CN1. The van der Waals surface area contributed by atoms with Crippen LogP contribution in [0.5, 0.6) is 0 Å². The maximum atomic E-state index is 8.77. The Hall–Kier alpha value is -0.540. The van der Waals surface area contributed by atoms with E-state index >= 15 is 0 Å². The van der Waals surface area contributed by atoms with Crippen molar-refractivity contribution in [1.29, 1.82) is 0 Å². The zero-order valence-corrected chi connectivity index (χ0v) is 4.46. The molecule has 0 spiro atoms. The van der Waals surface area contributed by atoms with E-state index in [0.717, 1.165) is 6.42 Å². The summed E-state index contributed by atoms with van der Waals surface area (Å²) < 4.78 is 0. The topological polar surface area (TPSA) is 52.5 Å². The fourth-order valence-electron chi connectivity index (χ4n) is 0.632. The molecule has 1 rings (SSSR count). The van der Waals surface area contributed by atoms with Gasteiger partial charge < -0.3 is 15.5 Å². The van der Waals surface area contributed by atoms with E-state index in [-0.39, 0.29) is 0 Å². The first-order valence-electron chi connectivity index (χ1n) is 2.58. The molecular weight excluding hydrogens is 106 g/mol. The molecule has 0 saturated heterocycles. The Labute approximate surface area is 47.6 Å². The van der Waals surface area contributed by atoms with Gasteiger partial charge in [-0.15, -0.1) is 0 Å². The third-order valence-electron chi connectivity index (χ3n) is 1.09. The lowest BCUT2D eigenvalue weighted by molar-refractivity contribution is -0.183. The van der Waals surface area contributed by atoms with Gasteiger partial charge in [-0.3, -0.25) is 0 Å². The van der Waals surface area contributed by atoms with Gasteiger partial charge in [-0.1, -0.05) is 6.08 Å². The highest BCUT2D eigenvalue weighted by Crippen LogP contribution is 2.09. The molecule has 3 N–H and O–H groups in total. The van der Waals surface area contributed by atoms with Crippen LogP contribution in [0.4, 0.5) is 0 Å². The van der Waals surface area contributed by atoms with Crippen LogP contribution in [0, 0.1) is 0 Å². The molecule has 0 unspecified atom stereocenters. The molecule has 3 heteroatoms. The van der Waals surface area contributed by atoms with Crippen molar-refractivity contribution >= 4 is 0 Å². The van der Waals surface area contributed by atoms with E-state index in [1.807, 2.05) is 6.08 Å². The average Bonchev–Trinajstić information content (AvgIpc) is 1.65. The molecule has 0 aromatic heterocycles. The van der Waals surface area contributed by atoms with E-state index in [1.165, 1.54) is 0 Å². The number of allylic oxidation sites excluding steroid dienone is 1. The number of hydrogen-bond acceptors (Lipinski definition) is 3. The molecule has 0 radical (unpaired) electrons. The lowest BCUT2D eigenvalue weighted by Crippen LogP contribution is -2.43. The van der Waals surface area contributed by atoms with Crippen molar-refractivity contribution in [2.75, 3.05) is 0 Å². The molecule has 0 atom stereocenters. The summed E-state index contributed by atoms with van der Waals surface area (Å²) in [6, 6.07) is 0. The molecule has 0 fully saturated rings.